The van der Waals surface area contributed by atoms with Gasteiger partial charge in [0.1, 0.15) is 23.5 Å². The van der Waals surface area contributed by atoms with E-state index in [9.17, 15) is 9.90 Å². The number of hydrogen-bond donors (Lipinski definition) is 3. The molecule has 23 heavy (non-hydrogen) atoms. The Balaban J connectivity index is 0.00000264. The average Bonchev–Trinajstić information content (AvgIpc) is 2.99. The van der Waals surface area contributed by atoms with Crippen molar-refractivity contribution in [2.45, 2.75) is 31.4 Å². The van der Waals surface area contributed by atoms with E-state index in [4.69, 9.17) is 27.9 Å². The maximum atomic E-state index is 11.7. The highest BCUT2D eigenvalue weighted by Gasteiger charge is 2.18. The summed E-state index contributed by atoms with van der Waals surface area (Å²) in [6, 6.07) is 5.29. The number of aliphatic hydroxyl groups is 1. The molecule has 0 aromatic heterocycles. The number of carbonyl (C=O) groups excluding carboxylic acids is 1. The Labute approximate surface area is 152 Å². The molecule has 2 rings (SSSR count). The van der Waals surface area contributed by atoms with Crippen LogP contribution in [0.5, 0.6) is 5.75 Å². The lowest BCUT2D eigenvalue weighted by Crippen LogP contribution is -2.38. The van der Waals surface area contributed by atoms with E-state index in [1.54, 1.807) is 18.2 Å². The highest BCUT2D eigenvalue weighted by molar-refractivity contribution is 6.42. The van der Waals surface area contributed by atoms with Gasteiger partial charge in [0.2, 0.25) is 5.91 Å². The Kier molecular flexibility index (Phi) is 9.02. The third-order valence-electron chi connectivity index (χ3n) is 3.48. The van der Waals surface area contributed by atoms with Crippen molar-refractivity contribution in [3.63, 3.8) is 0 Å². The quantitative estimate of drug-likeness (QED) is 0.676. The summed E-state index contributed by atoms with van der Waals surface area (Å²) in [6.45, 7) is 1.14. The second-order valence-corrected chi connectivity index (χ2v) is 6.10. The molecule has 0 radical (unpaired) electrons. The van der Waals surface area contributed by atoms with E-state index < -0.39 is 6.10 Å². The zero-order chi connectivity index (χ0) is 15.9. The zero-order valence-corrected chi connectivity index (χ0v) is 14.9. The zero-order valence-electron chi connectivity index (χ0n) is 12.6. The Morgan fingerprint density at radius 2 is 2.26 bits per heavy atom. The smallest absolute Gasteiger partial charge is 0.221 e. The Morgan fingerprint density at radius 3 is 2.96 bits per heavy atom. The minimum absolute atomic E-state index is 0. The first-order chi connectivity index (χ1) is 10.6. The number of halogens is 3. The molecule has 0 spiro atoms. The predicted molar refractivity (Wildman–Crippen MR) is 93.9 cm³/mol. The number of ether oxygens (including phenoxy) is 1. The van der Waals surface area contributed by atoms with Gasteiger partial charge >= 0.3 is 0 Å². The largest absolute Gasteiger partial charge is 0.489 e. The summed E-state index contributed by atoms with van der Waals surface area (Å²) in [7, 11) is 0. The number of amides is 1. The first-order valence-corrected chi connectivity index (χ1v) is 8.07. The number of carbonyl (C=O) groups is 1. The van der Waals surface area contributed by atoms with Crippen LogP contribution in [0.3, 0.4) is 0 Å². The van der Waals surface area contributed by atoms with Crippen LogP contribution in [0.4, 0.5) is 0 Å². The monoisotopic (exact) mass is 382 g/mol. The molecule has 5 nitrogen and oxygen atoms in total. The van der Waals surface area contributed by atoms with Gasteiger partial charge in [0.15, 0.2) is 0 Å². The van der Waals surface area contributed by atoms with Crippen molar-refractivity contribution in [3.8, 4) is 5.75 Å². The minimum Gasteiger partial charge on any atom is -0.489 e. The molecule has 1 amide bonds. The fourth-order valence-corrected chi connectivity index (χ4v) is 2.65. The van der Waals surface area contributed by atoms with Crippen LogP contribution in [0.1, 0.15) is 19.3 Å². The van der Waals surface area contributed by atoms with Gasteiger partial charge in [0.05, 0.1) is 5.02 Å². The first-order valence-electron chi connectivity index (χ1n) is 7.31. The van der Waals surface area contributed by atoms with Gasteiger partial charge in [-0.3, -0.25) is 4.79 Å². The molecule has 1 fully saturated rings. The Bertz CT molecular complexity index is 511. The summed E-state index contributed by atoms with van der Waals surface area (Å²) in [4.78, 5) is 11.7. The van der Waals surface area contributed by atoms with Crippen LogP contribution in [0.2, 0.25) is 10.0 Å². The summed E-state index contributed by atoms with van der Waals surface area (Å²) in [6.07, 6.45) is 1.75. The van der Waals surface area contributed by atoms with Gasteiger partial charge in [-0.05, 0) is 31.5 Å². The van der Waals surface area contributed by atoms with Crippen LogP contribution >= 0.6 is 35.6 Å². The van der Waals surface area contributed by atoms with Gasteiger partial charge in [0.25, 0.3) is 0 Å². The van der Waals surface area contributed by atoms with Crippen molar-refractivity contribution < 1.29 is 14.6 Å². The number of hydrogen-bond acceptors (Lipinski definition) is 4. The molecular weight excluding hydrogens is 363 g/mol. The molecule has 3 N–H and O–H groups in total. The molecule has 1 aromatic carbocycles. The van der Waals surface area contributed by atoms with E-state index in [1.165, 1.54) is 0 Å². The van der Waals surface area contributed by atoms with Crippen molar-refractivity contribution in [1.29, 1.82) is 0 Å². The molecule has 1 aliphatic rings. The van der Waals surface area contributed by atoms with Crippen LogP contribution in [0.25, 0.3) is 0 Å². The lowest BCUT2D eigenvalue weighted by molar-refractivity contribution is -0.122. The van der Waals surface area contributed by atoms with Crippen molar-refractivity contribution in [2.24, 2.45) is 0 Å². The second-order valence-electron chi connectivity index (χ2n) is 5.32. The number of nitrogens with one attached hydrogen (secondary N) is 2. The number of aliphatic hydroxyl groups excluding tert-OH is 1. The molecule has 130 valence electrons. The van der Waals surface area contributed by atoms with E-state index in [-0.39, 0.29) is 37.5 Å². The van der Waals surface area contributed by atoms with Crippen molar-refractivity contribution in [2.75, 3.05) is 19.7 Å². The highest BCUT2D eigenvalue weighted by atomic mass is 35.5. The molecule has 8 heteroatoms. The van der Waals surface area contributed by atoms with E-state index in [1.807, 2.05) is 0 Å². The fourth-order valence-electron chi connectivity index (χ4n) is 2.30. The van der Waals surface area contributed by atoms with Crippen LogP contribution < -0.4 is 15.4 Å². The molecule has 1 saturated heterocycles. The summed E-state index contributed by atoms with van der Waals surface area (Å²) in [5.41, 5.74) is 0. The van der Waals surface area contributed by atoms with Gasteiger partial charge in [-0.25, -0.2) is 0 Å². The summed E-state index contributed by atoms with van der Waals surface area (Å²) < 4.78 is 5.42. The number of benzene rings is 1. The second kappa shape index (κ2) is 10.2. The Morgan fingerprint density at radius 1 is 1.48 bits per heavy atom. The van der Waals surface area contributed by atoms with E-state index in [0.29, 0.717) is 22.2 Å². The SMILES string of the molecule is Cl.O=C(CC1CCCN1)NCC(O)COc1cccc(Cl)c1Cl. The van der Waals surface area contributed by atoms with Crippen molar-refractivity contribution in [3.05, 3.63) is 28.2 Å². The van der Waals surface area contributed by atoms with E-state index in [2.05, 4.69) is 10.6 Å². The van der Waals surface area contributed by atoms with Gasteiger partial charge in [0, 0.05) is 19.0 Å². The van der Waals surface area contributed by atoms with Gasteiger partial charge in [-0.2, -0.15) is 0 Å². The molecule has 2 unspecified atom stereocenters. The maximum Gasteiger partial charge on any atom is 0.221 e. The van der Waals surface area contributed by atoms with E-state index in [0.717, 1.165) is 19.4 Å². The van der Waals surface area contributed by atoms with E-state index >= 15 is 0 Å². The highest BCUT2D eigenvalue weighted by Crippen LogP contribution is 2.31. The molecule has 1 aromatic rings. The lowest BCUT2D eigenvalue weighted by atomic mass is 10.1. The third-order valence-corrected chi connectivity index (χ3v) is 4.28. The van der Waals surface area contributed by atoms with Crippen LogP contribution in [0, 0.1) is 0 Å². The van der Waals surface area contributed by atoms with Crippen molar-refractivity contribution >= 4 is 41.5 Å². The van der Waals surface area contributed by atoms with Gasteiger partial charge in [-0.1, -0.05) is 29.3 Å². The molecule has 2 atom stereocenters. The first kappa shape index (κ1) is 20.3. The van der Waals surface area contributed by atoms with Crippen LogP contribution in [-0.2, 0) is 4.79 Å². The Hall–Kier alpha value is -0.720. The average molecular weight is 384 g/mol. The van der Waals surface area contributed by atoms with Gasteiger partial charge < -0.3 is 20.5 Å². The van der Waals surface area contributed by atoms with Gasteiger partial charge in [-0.15, -0.1) is 12.4 Å². The van der Waals surface area contributed by atoms with Crippen LogP contribution in [0.15, 0.2) is 18.2 Å². The predicted octanol–water partition coefficient (Wildman–Crippen LogP) is 2.41. The topological polar surface area (TPSA) is 70.6 Å². The molecule has 0 saturated carbocycles. The fraction of sp³-hybridized carbons (Fsp3) is 0.533. The van der Waals surface area contributed by atoms with Crippen LogP contribution in [-0.4, -0.2) is 42.9 Å². The summed E-state index contributed by atoms with van der Waals surface area (Å²) in [5, 5.41) is 16.5. The molecule has 0 aliphatic carbocycles. The minimum atomic E-state index is -0.810. The van der Waals surface area contributed by atoms with Crippen molar-refractivity contribution in [1.82, 2.24) is 10.6 Å². The summed E-state index contributed by atoms with van der Waals surface area (Å²) in [5.74, 6) is 0.342. The maximum absolute atomic E-state index is 11.7. The lowest BCUT2D eigenvalue weighted by Gasteiger charge is -2.15. The normalized spacial score (nSPS) is 18.1. The molecule has 0 bridgehead atoms. The third kappa shape index (κ3) is 6.73. The standard InChI is InChI=1S/C15H20Cl2N2O3.ClH/c16-12-4-1-5-13(15(12)17)22-9-11(20)8-19-14(21)7-10-3-2-6-18-10;/h1,4-5,10-11,18,20H,2-3,6-9H2,(H,19,21);1H. The summed E-state index contributed by atoms with van der Waals surface area (Å²) >= 11 is 11.9. The molecular formula is C15H21Cl3N2O3. The number of rotatable bonds is 7. The molecule has 1 heterocycles. The molecule has 1 aliphatic heterocycles.